The number of hydrazone groups is 1. The first kappa shape index (κ1) is 6.98. The lowest BCUT2D eigenvalue weighted by molar-refractivity contribution is 0.830. The molecule has 2 nitrogen and oxygen atoms in total. The second-order valence-electron chi connectivity index (χ2n) is 1.22. The number of thioether (sulfide) groups is 1. The minimum absolute atomic E-state index is 0.558. The minimum Gasteiger partial charge on any atom is -0.273 e. The molecule has 1 aliphatic rings. The van der Waals surface area contributed by atoms with Crippen LogP contribution in [0.25, 0.3) is 0 Å². The smallest absolute Gasteiger partial charge is 0.194 e. The molecule has 0 unspecified atom stereocenters. The van der Waals surface area contributed by atoms with Gasteiger partial charge in [-0.15, -0.1) is 37.9 Å². The summed E-state index contributed by atoms with van der Waals surface area (Å²) in [6.45, 7) is 0. The lowest BCUT2D eigenvalue weighted by Gasteiger charge is -2.11. The maximum Gasteiger partial charge on any atom is 0.194 e. The van der Waals surface area contributed by atoms with Gasteiger partial charge in [0, 0.05) is 0 Å². The summed E-state index contributed by atoms with van der Waals surface area (Å²) in [6, 6.07) is 0. The van der Waals surface area contributed by atoms with Crippen molar-refractivity contribution in [2.45, 2.75) is 3.54 Å². The molecule has 0 amide bonds. The number of nitrogens with zero attached hydrogens (tertiary/aromatic N) is 1. The Kier molecular flexibility index (Phi) is 1.96. The SMILES string of the molecule is SC1=NNC(S)(S)S1. The predicted octanol–water partition coefficient (Wildman–Crippen LogP) is 0.994. The van der Waals surface area contributed by atoms with E-state index < -0.39 is 3.54 Å². The Morgan fingerprint density at radius 3 is 2.38 bits per heavy atom. The lowest BCUT2D eigenvalue weighted by Crippen LogP contribution is -2.20. The number of rotatable bonds is 0. The quantitative estimate of drug-likeness (QED) is 0.333. The average molecular weight is 184 g/mol. The molecule has 0 atom stereocenters. The van der Waals surface area contributed by atoms with Crippen molar-refractivity contribution in [2.24, 2.45) is 5.10 Å². The van der Waals surface area contributed by atoms with Crippen LogP contribution in [-0.4, -0.2) is 7.91 Å². The number of thiol groups is 3. The summed E-state index contributed by atoms with van der Waals surface area (Å²) in [5.74, 6) is 0. The van der Waals surface area contributed by atoms with E-state index >= 15 is 0 Å². The van der Waals surface area contributed by atoms with Gasteiger partial charge >= 0.3 is 0 Å². The molecule has 46 valence electrons. The molecule has 1 heterocycles. The van der Waals surface area contributed by atoms with Crippen LogP contribution in [0.1, 0.15) is 0 Å². The monoisotopic (exact) mass is 184 g/mol. The molecule has 1 aliphatic heterocycles. The van der Waals surface area contributed by atoms with Crippen LogP contribution in [0, 0.1) is 0 Å². The standard InChI is InChI=1S/C2H4N2S4/c5-1-3-4-2(6,7)8-1/h4,6-7H,(H,3,5). The molecule has 8 heavy (non-hydrogen) atoms. The molecule has 0 radical (unpaired) electrons. The largest absolute Gasteiger partial charge is 0.273 e. The number of hydrogen-bond acceptors (Lipinski definition) is 5. The zero-order valence-electron chi connectivity index (χ0n) is 3.70. The van der Waals surface area contributed by atoms with E-state index in [2.05, 4.69) is 48.4 Å². The van der Waals surface area contributed by atoms with E-state index in [9.17, 15) is 0 Å². The molecule has 1 N–H and O–H groups in total. The Labute approximate surface area is 68.1 Å². The molecule has 1 rings (SSSR count). The molecular formula is C2H4N2S4. The van der Waals surface area contributed by atoms with E-state index in [0.717, 1.165) is 0 Å². The molecule has 0 aromatic carbocycles. The van der Waals surface area contributed by atoms with Gasteiger partial charge in [-0.3, -0.25) is 5.43 Å². The molecule has 0 saturated heterocycles. The first-order chi connectivity index (χ1) is 3.60. The number of hydrogen-bond donors (Lipinski definition) is 4. The van der Waals surface area contributed by atoms with E-state index in [1.165, 1.54) is 11.8 Å². The van der Waals surface area contributed by atoms with Crippen molar-refractivity contribution in [1.29, 1.82) is 0 Å². The van der Waals surface area contributed by atoms with Gasteiger partial charge < -0.3 is 0 Å². The van der Waals surface area contributed by atoms with Crippen LogP contribution < -0.4 is 5.43 Å². The van der Waals surface area contributed by atoms with Crippen LogP contribution >= 0.6 is 49.6 Å². The van der Waals surface area contributed by atoms with Crippen molar-refractivity contribution >= 4 is 54.0 Å². The summed E-state index contributed by atoms with van der Waals surface area (Å²) in [6.07, 6.45) is 0. The highest BCUT2D eigenvalue weighted by molar-refractivity contribution is 8.41. The number of nitrogens with one attached hydrogen (secondary N) is 1. The maximum absolute atomic E-state index is 4.06. The summed E-state index contributed by atoms with van der Waals surface area (Å²) >= 11 is 13.4. The van der Waals surface area contributed by atoms with Crippen molar-refractivity contribution in [2.75, 3.05) is 0 Å². The zero-order chi connectivity index (χ0) is 6.20. The average Bonchev–Trinajstić information content (AvgIpc) is 1.82. The topological polar surface area (TPSA) is 24.4 Å². The lowest BCUT2D eigenvalue weighted by atomic mass is 11.4. The Morgan fingerprint density at radius 1 is 1.62 bits per heavy atom. The zero-order valence-corrected chi connectivity index (χ0v) is 7.20. The molecule has 0 saturated carbocycles. The van der Waals surface area contributed by atoms with Crippen molar-refractivity contribution < 1.29 is 0 Å². The fraction of sp³-hybridized carbons (Fsp3) is 0.500. The van der Waals surface area contributed by atoms with Crippen molar-refractivity contribution in [3.63, 3.8) is 0 Å². The van der Waals surface area contributed by atoms with E-state index in [1.54, 1.807) is 0 Å². The van der Waals surface area contributed by atoms with Gasteiger partial charge in [-0.05, 0) is 11.8 Å². The van der Waals surface area contributed by atoms with Crippen LogP contribution in [0.4, 0.5) is 0 Å². The Balaban J connectivity index is 2.55. The van der Waals surface area contributed by atoms with Crippen molar-refractivity contribution in [3.05, 3.63) is 0 Å². The molecule has 0 aromatic rings. The Bertz CT molecular complexity index is 130. The Hall–Kier alpha value is 0.870. The third kappa shape index (κ3) is 1.68. The van der Waals surface area contributed by atoms with Gasteiger partial charge in [-0.25, -0.2) is 0 Å². The Morgan fingerprint density at radius 2 is 2.25 bits per heavy atom. The van der Waals surface area contributed by atoms with Crippen molar-refractivity contribution in [3.8, 4) is 0 Å². The van der Waals surface area contributed by atoms with E-state index in [1.807, 2.05) is 0 Å². The summed E-state index contributed by atoms with van der Waals surface area (Å²) in [4.78, 5) is 0. The summed E-state index contributed by atoms with van der Waals surface area (Å²) in [5, 5.41) is 3.73. The first-order valence-corrected chi connectivity index (χ1v) is 3.93. The first-order valence-electron chi connectivity index (χ1n) is 1.78. The molecule has 0 aromatic heterocycles. The summed E-state index contributed by atoms with van der Waals surface area (Å²) < 4.78 is 0.104. The van der Waals surface area contributed by atoms with Gasteiger partial charge in [0.1, 0.15) is 0 Å². The summed E-state index contributed by atoms with van der Waals surface area (Å²) in [7, 11) is 0. The van der Waals surface area contributed by atoms with Gasteiger partial charge in [-0.2, -0.15) is 5.10 Å². The van der Waals surface area contributed by atoms with Crippen LogP contribution in [0.5, 0.6) is 0 Å². The minimum atomic E-state index is -0.558. The molecule has 6 heteroatoms. The third-order valence-electron chi connectivity index (χ3n) is 0.531. The summed E-state index contributed by atoms with van der Waals surface area (Å²) in [5.41, 5.74) is 2.65. The van der Waals surface area contributed by atoms with Gasteiger partial charge in [0.25, 0.3) is 0 Å². The highest BCUT2D eigenvalue weighted by atomic mass is 32.2. The van der Waals surface area contributed by atoms with Crippen LogP contribution in [-0.2, 0) is 0 Å². The fourth-order valence-electron chi connectivity index (χ4n) is 0.294. The normalized spacial score (nSPS) is 24.6. The molecule has 0 bridgehead atoms. The molecular weight excluding hydrogens is 180 g/mol. The molecule has 0 fully saturated rings. The molecule has 0 spiro atoms. The predicted molar refractivity (Wildman–Crippen MR) is 47.9 cm³/mol. The van der Waals surface area contributed by atoms with E-state index in [4.69, 9.17) is 0 Å². The van der Waals surface area contributed by atoms with Gasteiger partial charge in [0.15, 0.2) is 7.91 Å². The third-order valence-corrected chi connectivity index (χ3v) is 2.30. The van der Waals surface area contributed by atoms with E-state index in [0.29, 0.717) is 4.38 Å². The maximum atomic E-state index is 4.06. The highest BCUT2D eigenvalue weighted by Gasteiger charge is 2.26. The van der Waals surface area contributed by atoms with Crippen LogP contribution in [0.15, 0.2) is 5.10 Å². The van der Waals surface area contributed by atoms with Gasteiger partial charge in [0.05, 0.1) is 0 Å². The van der Waals surface area contributed by atoms with E-state index in [-0.39, 0.29) is 0 Å². The van der Waals surface area contributed by atoms with Gasteiger partial charge in [0.2, 0.25) is 0 Å². The fourth-order valence-corrected chi connectivity index (χ4v) is 2.24. The highest BCUT2D eigenvalue weighted by Crippen LogP contribution is 2.36. The second kappa shape index (κ2) is 2.24. The van der Waals surface area contributed by atoms with Crippen molar-refractivity contribution in [1.82, 2.24) is 5.43 Å². The second-order valence-corrected chi connectivity index (χ2v) is 5.45. The van der Waals surface area contributed by atoms with Gasteiger partial charge in [-0.1, -0.05) is 0 Å². The van der Waals surface area contributed by atoms with Crippen LogP contribution in [0.2, 0.25) is 0 Å². The molecule has 0 aliphatic carbocycles. The van der Waals surface area contributed by atoms with Crippen LogP contribution in [0.3, 0.4) is 0 Å².